The number of rotatable bonds is 4. The van der Waals surface area contributed by atoms with Gasteiger partial charge in [0.15, 0.2) is 0 Å². The van der Waals surface area contributed by atoms with E-state index in [-0.39, 0.29) is 0 Å². The first-order chi connectivity index (χ1) is 8.16. The van der Waals surface area contributed by atoms with Gasteiger partial charge in [0.25, 0.3) is 0 Å². The first kappa shape index (κ1) is 12.1. The van der Waals surface area contributed by atoms with Crippen molar-refractivity contribution in [3.63, 3.8) is 0 Å². The van der Waals surface area contributed by atoms with Crippen LogP contribution in [0.1, 0.15) is 16.7 Å². The van der Waals surface area contributed by atoms with E-state index in [1.807, 2.05) is 48.6 Å². The lowest BCUT2D eigenvalue weighted by atomic mass is 10.1. The van der Waals surface area contributed by atoms with Crippen molar-refractivity contribution in [1.82, 2.24) is 4.98 Å². The van der Waals surface area contributed by atoms with Gasteiger partial charge in [-0.25, -0.2) is 4.98 Å². The van der Waals surface area contributed by atoms with Crippen LogP contribution in [0.25, 0.3) is 0 Å². The van der Waals surface area contributed by atoms with Gasteiger partial charge in [-0.05, 0) is 17.7 Å². The molecule has 3 nitrogen and oxygen atoms in total. The fourth-order valence-electron chi connectivity index (χ4n) is 1.65. The number of aliphatic hydroxyl groups is 1. The standard InChI is InChI=1S/C13H16N2OS/c1-15(2)11-5-3-4-10(8-11)12(16)9-13-14-6-7-17-13/h3-8,12,16H,9H2,1-2H3. The van der Waals surface area contributed by atoms with E-state index in [9.17, 15) is 5.11 Å². The number of nitrogens with zero attached hydrogens (tertiary/aromatic N) is 2. The molecule has 0 saturated heterocycles. The summed E-state index contributed by atoms with van der Waals surface area (Å²) in [6, 6.07) is 7.96. The molecule has 90 valence electrons. The second-order valence-electron chi connectivity index (χ2n) is 4.14. The predicted molar refractivity (Wildman–Crippen MR) is 71.5 cm³/mol. The average molecular weight is 248 g/mol. The lowest BCUT2D eigenvalue weighted by molar-refractivity contribution is 0.178. The summed E-state index contributed by atoms with van der Waals surface area (Å²) in [4.78, 5) is 6.21. The molecular weight excluding hydrogens is 232 g/mol. The lowest BCUT2D eigenvalue weighted by Gasteiger charge is -2.15. The molecule has 0 bridgehead atoms. The molecule has 0 radical (unpaired) electrons. The third-order valence-electron chi connectivity index (χ3n) is 2.62. The number of hydrogen-bond donors (Lipinski definition) is 1. The number of aliphatic hydroxyl groups excluding tert-OH is 1. The van der Waals surface area contributed by atoms with Gasteiger partial charge in [0.1, 0.15) is 0 Å². The van der Waals surface area contributed by atoms with E-state index in [0.29, 0.717) is 6.42 Å². The topological polar surface area (TPSA) is 36.4 Å². The van der Waals surface area contributed by atoms with Gasteiger partial charge in [0, 0.05) is 37.8 Å². The maximum atomic E-state index is 10.1. The van der Waals surface area contributed by atoms with Gasteiger partial charge in [-0.1, -0.05) is 12.1 Å². The molecule has 1 N–H and O–H groups in total. The summed E-state index contributed by atoms with van der Waals surface area (Å²) in [6.45, 7) is 0. The molecule has 4 heteroatoms. The number of thiazole rings is 1. The Kier molecular flexibility index (Phi) is 3.76. The molecule has 0 saturated carbocycles. The molecule has 1 aromatic carbocycles. The van der Waals surface area contributed by atoms with E-state index in [0.717, 1.165) is 16.3 Å². The van der Waals surface area contributed by atoms with Crippen LogP contribution < -0.4 is 4.90 Å². The quantitative estimate of drug-likeness (QED) is 0.903. The third-order valence-corrected chi connectivity index (χ3v) is 3.42. The smallest absolute Gasteiger partial charge is 0.0954 e. The summed E-state index contributed by atoms with van der Waals surface area (Å²) >= 11 is 1.57. The van der Waals surface area contributed by atoms with Gasteiger partial charge in [-0.2, -0.15) is 0 Å². The van der Waals surface area contributed by atoms with Crippen molar-refractivity contribution in [3.05, 3.63) is 46.4 Å². The highest BCUT2D eigenvalue weighted by Gasteiger charge is 2.11. The highest BCUT2D eigenvalue weighted by atomic mass is 32.1. The van der Waals surface area contributed by atoms with E-state index in [4.69, 9.17) is 0 Å². The SMILES string of the molecule is CN(C)c1cccc(C(O)Cc2nccs2)c1. The van der Waals surface area contributed by atoms with Crippen molar-refractivity contribution in [2.75, 3.05) is 19.0 Å². The van der Waals surface area contributed by atoms with Crippen molar-refractivity contribution in [1.29, 1.82) is 0 Å². The Balaban J connectivity index is 2.13. The Bertz CT molecular complexity index is 468. The van der Waals surface area contributed by atoms with Gasteiger partial charge in [-0.15, -0.1) is 11.3 Å². The van der Waals surface area contributed by atoms with Crippen LogP contribution in [0.4, 0.5) is 5.69 Å². The van der Waals surface area contributed by atoms with Crippen LogP contribution in [0.5, 0.6) is 0 Å². The minimum absolute atomic E-state index is 0.485. The zero-order chi connectivity index (χ0) is 12.3. The Hall–Kier alpha value is -1.39. The highest BCUT2D eigenvalue weighted by molar-refractivity contribution is 7.09. The van der Waals surface area contributed by atoms with E-state index >= 15 is 0 Å². The molecule has 0 amide bonds. The van der Waals surface area contributed by atoms with Crippen LogP contribution in [-0.2, 0) is 6.42 Å². The van der Waals surface area contributed by atoms with Crippen LogP contribution in [0.3, 0.4) is 0 Å². The monoisotopic (exact) mass is 248 g/mol. The summed E-state index contributed by atoms with van der Waals surface area (Å²) in [5.74, 6) is 0. The third kappa shape index (κ3) is 3.05. The molecule has 0 aliphatic carbocycles. The molecule has 0 aliphatic rings. The first-order valence-corrected chi connectivity index (χ1v) is 6.38. The summed E-state index contributed by atoms with van der Waals surface area (Å²) in [5.41, 5.74) is 2.03. The Morgan fingerprint density at radius 2 is 2.24 bits per heavy atom. The molecule has 17 heavy (non-hydrogen) atoms. The van der Waals surface area contributed by atoms with Crippen LogP contribution in [0, 0.1) is 0 Å². The van der Waals surface area contributed by atoms with Crippen molar-refractivity contribution in [2.24, 2.45) is 0 Å². The molecule has 2 rings (SSSR count). The number of benzene rings is 1. The van der Waals surface area contributed by atoms with Gasteiger partial charge >= 0.3 is 0 Å². The van der Waals surface area contributed by atoms with Crippen LogP contribution >= 0.6 is 11.3 Å². The normalized spacial score (nSPS) is 12.4. The molecule has 0 aliphatic heterocycles. The van der Waals surface area contributed by atoms with Crippen molar-refractivity contribution in [2.45, 2.75) is 12.5 Å². The Morgan fingerprint density at radius 3 is 2.88 bits per heavy atom. The second kappa shape index (κ2) is 5.29. The summed E-state index contributed by atoms with van der Waals surface area (Å²) < 4.78 is 0. The zero-order valence-corrected chi connectivity index (χ0v) is 10.8. The van der Waals surface area contributed by atoms with Gasteiger partial charge in [-0.3, -0.25) is 0 Å². The summed E-state index contributed by atoms with van der Waals surface area (Å²) in [7, 11) is 3.98. The molecule has 1 unspecified atom stereocenters. The lowest BCUT2D eigenvalue weighted by Crippen LogP contribution is -2.10. The van der Waals surface area contributed by atoms with Crippen molar-refractivity contribution < 1.29 is 5.11 Å². The molecular formula is C13H16N2OS. The zero-order valence-electron chi connectivity index (χ0n) is 10.00. The Morgan fingerprint density at radius 1 is 1.41 bits per heavy atom. The number of aromatic nitrogens is 1. The molecule has 1 atom stereocenters. The predicted octanol–water partition coefficient (Wildman–Crippen LogP) is 2.49. The first-order valence-electron chi connectivity index (χ1n) is 5.50. The van der Waals surface area contributed by atoms with E-state index in [2.05, 4.69) is 4.98 Å². The maximum Gasteiger partial charge on any atom is 0.0954 e. The molecule has 0 fully saturated rings. The van der Waals surface area contributed by atoms with E-state index < -0.39 is 6.10 Å². The molecule has 0 spiro atoms. The molecule has 1 aromatic heterocycles. The van der Waals surface area contributed by atoms with Crippen LogP contribution in [0.15, 0.2) is 35.8 Å². The van der Waals surface area contributed by atoms with Gasteiger partial charge in [0.2, 0.25) is 0 Å². The van der Waals surface area contributed by atoms with E-state index in [1.165, 1.54) is 0 Å². The summed E-state index contributed by atoms with van der Waals surface area (Å²) in [6.07, 6.45) is 1.86. The molecule has 1 heterocycles. The minimum Gasteiger partial charge on any atom is -0.388 e. The van der Waals surface area contributed by atoms with Gasteiger partial charge in [0.05, 0.1) is 11.1 Å². The molecule has 2 aromatic rings. The minimum atomic E-state index is -0.485. The highest BCUT2D eigenvalue weighted by Crippen LogP contribution is 2.23. The maximum absolute atomic E-state index is 10.1. The largest absolute Gasteiger partial charge is 0.388 e. The van der Waals surface area contributed by atoms with Crippen molar-refractivity contribution in [3.8, 4) is 0 Å². The Labute approximate surface area is 105 Å². The number of hydrogen-bond acceptors (Lipinski definition) is 4. The fraction of sp³-hybridized carbons (Fsp3) is 0.308. The summed E-state index contributed by atoms with van der Waals surface area (Å²) in [5, 5.41) is 13.0. The average Bonchev–Trinajstić information content (AvgIpc) is 2.82. The van der Waals surface area contributed by atoms with Crippen LogP contribution in [0.2, 0.25) is 0 Å². The fourth-order valence-corrected chi connectivity index (χ4v) is 2.30. The van der Waals surface area contributed by atoms with Gasteiger partial charge < -0.3 is 10.0 Å². The second-order valence-corrected chi connectivity index (χ2v) is 5.11. The van der Waals surface area contributed by atoms with Crippen LogP contribution in [-0.4, -0.2) is 24.2 Å². The number of anilines is 1. The van der Waals surface area contributed by atoms with Crippen molar-refractivity contribution >= 4 is 17.0 Å². The van der Waals surface area contributed by atoms with E-state index in [1.54, 1.807) is 17.5 Å².